The Kier molecular flexibility index (Phi) is 6.26. The van der Waals surface area contributed by atoms with E-state index in [1.165, 1.54) is 23.9 Å². The molecule has 0 atom stereocenters. The van der Waals surface area contributed by atoms with Gasteiger partial charge in [-0.25, -0.2) is 9.37 Å². The number of amides is 1. The molecule has 0 aliphatic rings. The second kappa shape index (κ2) is 9.24. The maximum atomic E-state index is 13.0. The van der Waals surface area contributed by atoms with Crippen molar-refractivity contribution in [2.75, 3.05) is 17.7 Å². The maximum absolute atomic E-state index is 13.0. The number of rotatable bonds is 6. The molecule has 0 radical (unpaired) electrons. The van der Waals surface area contributed by atoms with Gasteiger partial charge in [0.15, 0.2) is 4.34 Å². The second-order valence-electron chi connectivity index (χ2n) is 6.67. The zero-order valence-electron chi connectivity index (χ0n) is 16.3. The second-order valence-corrected chi connectivity index (χ2v) is 8.92. The lowest BCUT2D eigenvalue weighted by molar-refractivity contribution is -0.115. The number of carbonyl (C=O) groups is 1. The monoisotopic (exact) mass is 434 g/mol. The molecule has 1 amide bonds. The van der Waals surface area contributed by atoms with Crippen LogP contribution in [-0.2, 0) is 4.79 Å². The summed E-state index contributed by atoms with van der Waals surface area (Å²) in [4.78, 5) is 18.8. The summed E-state index contributed by atoms with van der Waals surface area (Å²) in [6.07, 6.45) is 3.95. The number of nitrogens with zero attached hydrogens (tertiary/aromatic N) is 2. The highest BCUT2D eigenvalue weighted by atomic mass is 32.2. The van der Waals surface area contributed by atoms with Gasteiger partial charge in [-0.2, -0.15) is 0 Å². The summed E-state index contributed by atoms with van der Waals surface area (Å²) in [5, 5.41) is 0. The highest BCUT2D eigenvalue weighted by Crippen LogP contribution is 2.31. The molecule has 1 aromatic heterocycles. The Labute approximate surface area is 182 Å². The summed E-state index contributed by atoms with van der Waals surface area (Å²) in [6, 6.07) is 22.1. The van der Waals surface area contributed by atoms with E-state index in [2.05, 4.69) is 11.1 Å². The van der Waals surface area contributed by atoms with Gasteiger partial charge in [-0.1, -0.05) is 60.3 Å². The fourth-order valence-corrected chi connectivity index (χ4v) is 4.90. The average Bonchev–Trinajstić information content (AvgIpc) is 3.19. The smallest absolute Gasteiger partial charge is 0.237 e. The van der Waals surface area contributed by atoms with Crippen LogP contribution in [0.25, 0.3) is 22.4 Å². The summed E-state index contributed by atoms with van der Waals surface area (Å²) in [7, 11) is 1.79. The predicted octanol–water partition coefficient (Wildman–Crippen LogP) is 6.36. The number of carbonyl (C=O) groups excluding carboxylic acids is 1. The van der Waals surface area contributed by atoms with E-state index in [0.717, 1.165) is 31.4 Å². The number of hydrogen-bond acceptors (Lipinski definition) is 4. The number of fused-ring (bicyclic) bond motifs is 1. The van der Waals surface area contributed by atoms with Crippen molar-refractivity contribution in [3.05, 3.63) is 89.7 Å². The zero-order chi connectivity index (χ0) is 20.9. The molecule has 0 unspecified atom stereocenters. The van der Waals surface area contributed by atoms with Gasteiger partial charge in [-0.05, 0) is 47.5 Å². The van der Waals surface area contributed by atoms with E-state index in [1.807, 2.05) is 54.6 Å². The molecule has 0 spiro atoms. The van der Waals surface area contributed by atoms with Crippen molar-refractivity contribution in [3.8, 4) is 0 Å². The molecule has 0 saturated heterocycles. The lowest BCUT2D eigenvalue weighted by Gasteiger charge is -2.16. The number of thiazole rings is 1. The fourth-order valence-electron chi connectivity index (χ4n) is 2.87. The molecule has 0 N–H and O–H groups in total. The number of thioether (sulfide) groups is 1. The quantitative estimate of drug-likeness (QED) is 0.261. The van der Waals surface area contributed by atoms with Gasteiger partial charge in [0.1, 0.15) is 5.82 Å². The molecule has 0 bridgehead atoms. The molecule has 3 nitrogen and oxygen atoms in total. The molecular formula is C24H19FN2OS2. The van der Waals surface area contributed by atoms with E-state index in [0.29, 0.717) is 5.75 Å². The van der Waals surface area contributed by atoms with Crippen molar-refractivity contribution in [3.63, 3.8) is 0 Å². The summed E-state index contributed by atoms with van der Waals surface area (Å²) in [5.74, 6) is 0.132. The highest BCUT2D eigenvalue weighted by molar-refractivity contribution is 8.01. The first kappa shape index (κ1) is 20.3. The van der Waals surface area contributed by atoms with Crippen molar-refractivity contribution in [2.45, 2.75) is 4.34 Å². The van der Waals surface area contributed by atoms with Crippen molar-refractivity contribution >= 4 is 57.1 Å². The van der Waals surface area contributed by atoms with Crippen molar-refractivity contribution in [1.29, 1.82) is 0 Å². The van der Waals surface area contributed by atoms with Crippen LogP contribution in [0, 0.1) is 5.82 Å². The Morgan fingerprint density at radius 3 is 2.50 bits per heavy atom. The molecule has 6 heteroatoms. The number of anilines is 1. The first-order chi connectivity index (χ1) is 14.6. The number of para-hydroxylation sites is 1. The molecule has 1 heterocycles. The van der Waals surface area contributed by atoms with Gasteiger partial charge in [-0.15, -0.1) is 11.3 Å². The Balaban J connectivity index is 1.42. The molecule has 4 aromatic rings. The predicted molar refractivity (Wildman–Crippen MR) is 126 cm³/mol. The maximum Gasteiger partial charge on any atom is 0.237 e. The topological polar surface area (TPSA) is 33.2 Å². The summed E-state index contributed by atoms with van der Waals surface area (Å²) in [5.41, 5.74) is 3.79. The van der Waals surface area contributed by atoms with Gasteiger partial charge in [0, 0.05) is 12.7 Å². The number of benzene rings is 3. The Morgan fingerprint density at radius 2 is 1.73 bits per heavy atom. The first-order valence-electron chi connectivity index (χ1n) is 9.37. The number of aromatic nitrogens is 1. The third-order valence-corrected chi connectivity index (χ3v) is 6.71. The molecule has 0 aliphatic heterocycles. The summed E-state index contributed by atoms with van der Waals surface area (Å²) in [6.45, 7) is 0. The molecular weight excluding hydrogens is 415 g/mol. The minimum absolute atomic E-state index is 0.0355. The Hall–Kier alpha value is -2.96. The van der Waals surface area contributed by atoms with Crippen molar-refractivity contribution in [1.82, 2.24) is 4.98 Å². The largest absolute Gasteiger partial charge is 0.315 e. The molecule has 150 valence electrons. The van der Waals surface area contributed by atoms with E-state index in [4.69, 9.17) is 0 Å². The number of hydrogen-bond donors (Lipinski definition) is 0. The summed E-state index contributed by atoms with van der Waals surface area (Å²) < 4.78 is 15.0. The van der Waals surface area contributed by atoms with Gasteiger partial charge in [0.25, 0.3) is 0 Å². The number of halogens is 1. The molecule has 3 aromatic carbocycles. The Morgan fingerprint density at radius 1 is 1.03 bits per heavy atom. The van der Waals surface area contributed by atoms with Crippen LogP contribution < -0.4 is 4.90 Å². The molecule has 0 saturated carbocycles. The van der Waals surface area contributed by atoms with Gasteiger partial charge in [-0.3, -0.25) is 4.79 Å². The van der Waals surface area contributed by atoms with E-state index in [9.17, 15) is 9.18 Å². The minimum Gasteiger partial charge on any atom is -0.315 e. The van der Waals surface area contributed by atoms with Gasteiger partial charge < -0.3 is 4.90 Å². The highest BCUT2D eigenvalue weighted by Gasteiger charge is 2.13. The SMILES string of the molecule is CN(C(=O)CSc1nc2ccc(/C=C/c3ccc(F)cc3)cc2s1)c1ccccc1. The standard InChI is InChI=1S/C24H19FN2OS2/c1-27(20-5-3-2-4-6-20)23(28)16-29-24-26-21-14-11-18(15-22(21)30-24)8-7-17-9-12-19(25)13-10-17/h2-15H,16H2,1H3/b8-7+. The zero-order valence-corrected chi connectivity index (χ0v) is 17.9. The Bertz CT molecular complexity index is 1190. The van der Waals surface area contributed by atoms with E-state index in [-0.39, 0.29) is 11.7 Å². The van der Waals surface area contributed by atoms with Crippen LogP contribution in [0.2, 0.25) is 0 Å². The molecule has 0 fully saturated rings. The van der Waals surface area contributed by atoms with Crippen LogP contribution in [0.5, 0.6) is 0 Å². The minimum atomic E-state index is -0.239. The van der Waals surface area contributed by atoms with Crippen molar-refractivity contribution < 1.29 is 9.18 Å². The first-order valence-corrected chi connectivity index (χ1v) is 11.2. The third kappa shape index (κ3) is 4.96. The molecule has 0 aliphatic carbocycles. The van der Waals surface area contributed by atoms with Crippen LogP contribution in [0.4, 0.5) is 10.1 Å². The average molecular weight is 435 g/mol. The van der Waals surface area contributed by atoms with Crippen LogP contribution in [0.15, 0.2) is 77.1 Å². The van der Waals surface area contributed by atoms with Crippen LogP contribution >= 0.6 is 23.1 Å². The van der Waals surface area contributed by atoms with E-state index in [1.54, 1.807) is 35.4 Å². The molecule has 4 rings (SSSR count). The van der Waals surface area contributed by atoms with Gasteiger partial charge in [0.05, 0.1) is 16.0 Å². The van der Waals surface area contributed by atoms with Crippen LogP contribution in [0.1, 0.15) is 11.1 Å². The fraction of sp³-hybridized carbons (Fsp3) is 0.0833. The van der Waals surface area contributed by atoms with E-state index >= 15 is 0 Å². The lowest BCUT2D eigenvalue weighted by atomic mass is 10.1. The van der Waals surface area contributed by atoms with Crippen molar-refractivity contribution in [2.24, 2.45) is 0 Å². The van der Waals surface area contributed by atoms with Crippen LogP contribution in [-0.4, -0.2) is 23.7 Å². The van der Waals surface area contributed by atoms with Crippen LogP contribution in [0.3, 0.4) is 0 Å². The van der Waals surface area contributed by atoms with Gasteiger partial charge in [0.2, 0.25) is 5.91 Å². The third-order valence-electron chi connectivity index (χ3n) is 4.57. The van der Waals surface area contributed by atoms with Gasteiger partial charge >= 0.3 is 0 Å². The normalized spacial score (nSPS) is 11.3. The molecule has 30 heavy (non-hydrogen) atoms. The summed E-state index contributed by atoms with van der Waals surface area (Å²) >= 11 is 3.04. The lowest BCUT2D eigenvalue weighted by Crippen LogP contribution is -2.27. The van der Waals surface area contributed by atoms with E-state index < -0.39 is 0 Å².